The number of imide groups is 1. The van der Waals surface area contributed by atoms with Crippen LogP contribution in [0.5, 0.6) is 0 Å². The van der Waals surface area contributed by atoms with Crippen LogP contribution in [0, 0.1) is 6.92 Å². The van der Waals surface area contributed by atoms with E-state index >= 15 is 0 Å². The molecule has 0 fully saturated rings. The van der Waals surface area contributed by atoms with E-state index < -0.39 is 24.5 Å². The summed E-state index contributed by atoms with van der Waals surface area (Å²) in [5.74, 6) is -0.179. The second-order valence-corrected chi connectivity index (χ2v) is 3.80. The Labute approximate surface area is 116 Å². The summed E-state index contributed by atoms with van der Waals surface area (Å²) in [7, 11) is 0. The first-order valence-corrected chi connectivity index (χ1v) is 6.00. The predicted octanol–water partition coefficient (Wildman–Crippen LogP) is 0.990. The molecule has 1 aromatic rings. The van der Waals surface area contributed by atoms with Crippen molar-refractivity contribution in [2.75, 3.05) is 13.2 Å². The Morgan fingerprint density at radius 3 is 2.70 bits per heavy atom. The minimum Gasteiger partial charge on any atom is -0.462 e. The predicted molar refractivity (Wildman–Crippen MR) is 70.7 cm³/mol. The molecule has 0 aromatic carbocycles. The largest absolute Gasteiger partial charge is 0.462 e. The molecule has 7 nitrogen and oxygen atoms in total. The third-order valence-corrected chi connectivity index (χ3v) is 2.08. The van der Waals surface area contributed by atoms with Gasteiger partial charge in [0.1, 0.15) is 11.5 Å². The molecule has 2 N–H and O–H groups in total. The van der Waals surface area contributed by atoms with Gasteiger partial charge >= 0.3 is 12.0 Å². The van der Waals surface area contributed by atoms with E-state index in [4.69, 9.17) is 4.42 Å². The minimum absolute atomic E-state index is 0.393. The number of amides is 3. The van der Waals surface area contributed by atoms with E-state index in [1.165, 1.54) is 6.08 Å². The zero-order valence-electron chi connectivity index (χ0n) is 11.3. The van der Waals surface area contributed by atoms with Gasteiger partial charge in [-0.1, -0.05) is 0 Å². The molecular formula is C13H16N2O5. The van der Waals surface area contributed by atoms with Crippen LogP contribution in [0.25, 0.3) is 6.08 Å². The Kier molecular flexibility index (Phi) is 6.02. The van der Waals surface area contributed by atoms with Crippen molar-refractivity contribution in [1.82, 2.24) is 10.6 Å². The van der Waals surface area contributed by atoms with E-state index in [1.54, 1.807) is 26.0 Å². The molecule has 1 aromatic heterocycles. The molecule has 1 rings (SSSR count). The number of furan rings is 1. The summed E-state index contributed by atoms with van der Waals surface area (Å²) >= 11 is 0. The van der Waals surface area contributed by atoms with Crippen LogP contribution in [-0.2, 0) is 14.3 Å². The van der Waals surface area contributed by atoms with Crippen LogP contribution >= 0.6 is 0 Å². The molecule has 1 heterocycles. The summed E-state index contributed by atoms with van der Waals surface area (Å²) in [5, 5.41) is 4.38. The normalized spacial score (nSPS) is 10.3. The maximum Gasteiger partial charge on any atom is 0.331 e. The highest BCUT2D eigenvalue weighted by molar-refractivity contribution is 5.96. The number of rotatable bonds is 5. The third-order valence-electron chi connectivity index (χ3n) is 2.08. The van der Waals surface area contributed by atoms with Crippen molar-refractivity contribution in [1.29, 1.82) is 0 Å². The molecule has 0 bridgehead atoms. The lowest BCUT2D eigenvalue weighted by atomic mass is 10.4. The van der Waals surface area contributed by atoms with Crippen LogP contribution in [0.4, 0.5) is 4.79 Å². The zero-order valence-corrected chi connectivity index (χ0v) is 11.3. The molecule has 0 saturated heterocycles. The standard InChI is InChI=1S/C13H16N2O5/c1-3-14-13(18)15-11(16)8-19-12(17)7-6-10-5-4-9(2)20-10/h4-7H,3,8H2,1-2H3,(H2,14,15,16,18). The number of aryl methyl sites for hydroxylation is 1. The summed E-state index contributed by atoms with van der Waals surface area (Å²) in [6.45, 7) is 3.36. The van der Waals surface area contributed by atoms with E-state index in [0.717, 1.165) is 11.8 Å². The average molecular weight is 280 g/mol. The van der Waals surface area contributed by atoms with Gasteiger partial charge in [0, 0.05) is 12.6 Å². The minimum atomic E-state index is -0.704. The third kappa shape index (κ3) is 5.85. The topological polar surface area (TPSA) is 97.6 Å². The highest BCUT2D eigenvalue weighted by atomic mass is 16.5. The number of carbonyl (C=O) groups excluding carboxylic acids is 3. The Bertz CT molecular complexity index is 519. The van der Waals surface area contributed by atoms with E-state index in [1.807, 2.05) is 5.32 Å². The van der Waals surface area contributed by atoms with Gasteiger partial charge < -0.3 is 14.5 Å². The molecule has 0 saturated carbocycles. The average Bonchev–Trinajstić information content (AvgIpc) is 2.80. The van der Waals surface area contributed by atoms with Gasteiger partial charge in [0.15, 0.2) is 6.61 Å². The zero-order chi connectivity index (χ0) is 15.0. The van der Waals surface area contributed by atoms with Gasteiger partial charge in [0.25, 0.3) is 5.91 Å². The van der Waals surface area contributed by atoms with Crippen molar-refractivity contribution in [3.8, 4) is 0 Å². The Morgan fingerprint density at radius 1 is 1.35 bits per heavy atom. The van der Waals surface area contributed by atoms with Crippen molar-refractivity contribution in [2.45, 2.75) is 13.8 Å². The molecule has 108 valence electrons. The van der Waals surface area contributed by atoms with Crippen LogP contribution in [-0.4, -0.2) is 31.1 Å². The van der Waals surface area contributed by atoms with E-state index in [9.17, 15) is 14.4 Å². The van der Waals surface area contributed by atoms with Gasteiger partial charge in [0.2, 0.25) is 0 Å². The number of esters is 1. The summed E-state index contributed by atoms with van der Waals surface area (Å²) in [4.78, 5) is 33.5. The van der Waals surface area contributed by atoms with Crippen LogP contribution < -0.4 is 10.6 Å². The molecule has 0 aliphatic carbocycles. The smallest absolute Gasteiger partial charge is 0.331 e. The molecule has 7 heteroatoms. The maximum absolute atomic E-state index is 11.3. The molecule has 0 radical (unpaired) electrons. The number of carbonyl (C=O) groups is 3. The van der Waals surface area contributed by atoms with Crippen LogP contribution in [0.1, 0.15) is 18.4 Å². The van der Waals surface area contributed by atoms with E-state index in [-0.39, 0.29) is 0 Å². The molecular weight excluding hydrogens is 264 g/mol. The highest BCUT2D eigenvalue weighted by Gasteiger charge is 2.08. The first-order valence-electron chi connectivity index (χ1n) is 6.00. The summed E-state index contributed by atoms with van der Waals surface area (Å²) in [5.41, 5.74) is 0. The number of hydrogen-bond acceptors (Lipinski definition) is 5. The number of ether oxygens (including phenoxy) is 1. The van der Waals surface area contributed by atoms with Gasteiger partial charge in [-0.25, -0.2) is 9.59 Å². The fraction of sp³-hybridized carbons (Fsp3) is 0.308. The molecule has 0 unspecified atom stereocenters. The molecule has 3 amide bonds. The number of nitrogens with one attached hydrogen (secondary N) is 2. The fourth-order valence-corrected chi connectivity index (χ4v) is 1.25. The second-order valence-electron chi connectivity index (χ2n) is 3.80. The van der Waals surface area contributed by atoms with Gasteiger partial charge in [-0.2, -0.15) is 0 Å². The number of hydrogen-bond donors (Lipinski definition) is 2. The van der Waals surface area contributed by atoms with Crippen molar-refractivity contribution in [3.05, 3.63) is 29.7 Å². The number of urea groups is 1. The fourth-order valence-electron chi connectivity index (χ4n) is 1.25. The quantitative estimate of drug-likeness (QED) is 0.619. The van der Waals surface area contributed by atoms with Crippen molar-refractivity contribution >= 4 is 24.0 Å². The lowest BCUT2D eigenvalue weighted by Crippen LogP contribution is -2.41. The molecule has 0 spiro atoms. The first-order chi connectivity index (χ1) is 9.51. The second kappa shape index (κ2) is 7.78. The summed E-state index contributed by atoms with van der Waals surface area (Å²) < 4.78 is 9.86. The SMILES string of the molecule is CCNC(=O)NC(=O)COC(=O)C=Cc1ccc(C)o1. The van der Waals surface area contributed by atoms with Gasteiger partial charge in [-0.3, -0.25) is 10.1 Å². The Hall–Kier alpha value is -2.57. The molecule has 20 heavy (non-hydrogen) atoms. The Morgan fingerprint density at radius 2 is 2.10 bits per heavy atom. The molecule has 0 aliphatic rings. The van der Waals surface area contributed by atoms with Crippen LogP contribution in [0.15, 0.2) is 22.6 Å². The molecule has 0 aliphatic heterocycles. The Balaban J connectivity index is 2.31. The lowest BCUT2D eigenvalue weighted by Gasteiger charge is -2.04. The summed E-state index contributed by atoms with van der Waals surface area (Å²) in [6, 6.07) is 2.82. The van der Waals surface area contributed by atoms with E-state index in [0.29, 0.717) is 12.3 Å². The van der Waals surface area contributed by atoms with Gasteiger partial charge in [-0.15, -0.1) is 0 Å². The van der Waals surface area contributed by atoms with Crippen molar-refractivity contribution in [3.63, 3.8) is 0 Å². The first kappa shape index (κ1) is 15.5. The van der Waals surface area contributed by atoms with Gasteiger partial charge in [-0.05, 0) is 32.1 Å². The van der Waals surface area contributed by atoms with E-state index in [2.05, 4.69) is 10.1 Å². The van der Waals surface area contributed by atoms with Crippen molar-refractivity contribution in [2.24, 2.45) is 0 Å². The van der Waals surface area contributed by atoms with Crippen LogP contribution in [0.2, 0.25) is 0 Å². The lowest BCUT2D eigenvalue weighted by molar-refractivity contribution is -0.143. The maximum atomic E-state index is 11.3. The molecule has 0 atom stereocenters. The monoisotopic (exact) mass is 280 g/mol. The van der Waals surface area contributed by atoms with Crippen molar-refractivity contribution < 1.29 is 23.5 Å². The van der Waals surface area contributed by atoms with Gasteiger partial charge in [0.05, 0.1) is 0 Å². The summed E-state index contributed by atoms with van der Waals surface area (Å²) in [6.07, 6.45) is 2.56. The van der Waals surface area contributed by atoms with Crippen LogP contribution in [0.3, 0.4) is 0 Å². The highest BCUT2D eigenvalue weighted by Crippen LogP contribution is 2.07.